The summed E-state index contributed by atoms with van der Waals surface area (Å²) >= 11 is 7.92. The molecule has 1 aromatic heterocycles. The van der Waals surface area contributed by atoms with Gasteiger partial charge in [0.2, 0.25) is 0 Å². The minimum Gasteiger partial charge on any atom is -0.357 e. The quantitative estimate of drug-likeness (QED) is 0.220. The number of hydrogen-bond acceptors (Lipinski definition) is 5. The van der Waals surface area contributed by atoms with Crippen LogP contribution in [0.25, 0.3) is 0 Å². The Morgan fingerprint density at radius 3 is 2.69 bits per heavy atom. The van der Waals surface area contributed by atoms with Crippen molar-refractivity contribution in [2.45, 2.75) is 62.0 Å². The minimum absolute atomic E-state index is 0.0850. The van der Waals surface area contributed by atoms with Crippen molar-refractivity contribution in [3.05, 3.63) is 82.0 Å². The second-order valence-electron chi connectivity index (χ2n) is 9.47. The van der Waals surface area contributed by atoms with Crippen molar-refractivity contribution in [2.24, 2.45) is 0 Å². The second kappa shape index (κ2) is 11.0. The molecule has 0 spiro atoms. The van der Waals surface area contributed by atoms with E-state index in [4.69, 9.17) is 16.6 Å². The lowest BCUT2D eigenvalue weighted by Crippen LogP contribution is -2.35. The zero-order chi connectivity index (χ0) is 24.2. The molecule has 2 aromatic carbocycles. The lowest BCUT2D eigenvalue weighted by molar-refractivity contribution is 0.0734. The average molecular weight is 507 g/mol. The molecule has 1 aliphatic heterocycles. The van der Waals surface area contributed by atoms with Crippen molar-refractivity contribution in [1.82, 2.24) is 14.9 Å². The van der Waals surface area contributed by atoms with Crippen LogP contribution >= 0.6 is 23.4 Å². The first-order valence-electron chi connectivity index (χ1n) is 12.4. The molecule has 0 saturated heterocycles. The monoisotopic (exact) mass is 506 g/mol. The molecular formula is C28H31ClN4OS. The van der Waals surface area contributed by atoms with Crippen LogP contribution in [0.3, 0.4) is 0 Å². The van der Waals surface area contributed by atoms with Gasteiger partial charge in [-0.25, -0.2) is 9.97 Å². The van der Waals surface area contributed by atoms with Crippen molar-refractivity contribution < 1.29 is 4.79 Å². The van der Waals surface area contributed by atoms with Crippen LogP contribution in [0.1, 0.15) is 59.2 Å². The zero-order valence-electron chi connectivity index (χ0n) is 20.1. The largest absolute Gasteiger partial charge is 0.357 e. The summed E-state index contributed by atoms with van der Waals surface area (Å²) in [6.45, 7) is 1.42. The predicted octanol–water partition coefficient (Wildman–Crippen LogP) is 6.39. The van der Waals surface area contributed by atoms with E-state index >= 15 is 0 Å². The molecule has 0 N–H and O–H groups in total. The maximum atomic E-state index is 13.2. The fourth-order valence-corrected chi connectivity index (χ4v) is 6.10. The van der Waals surface area contributed by atoms with Gasteiger partial charge in [-0.15, -0.1) is 0 Å². The highest BCUT2D eigenvalue weighted by molar-refractivity contribution is 7.98. The van der Waals surface area contributed by atoms with Crippen LogP contribution in [0.15, 0.2) is 59.8 Å². The molecule has 0 bridgehead atoms. The Kier molecular flexibility index (Phi) is 7.59. The molecule has 182 valence electrons. The summed E-state index contributed by atoms with van der Waals surface area (Å²) in [4.78, 5) is 26.7. The number of anilines is 1. The van der Waals surface area contributed by atoms with Crippen LogP contribution in [-0.2, 0) is 18.7 Å². The number of carbonyl (C=O) groups excluding carboxylic acids is 1. The Hall–Kier alpha value is -2.57. The number of rotatable bonds is 6. The van der Waals surface area contributed by atoms with Crippen LogP contribution in [-0.4, -0.2) is 40.4 Å². The highest BCUT2D eigenvalue weighted by Gasteiger charge is 2.22. The fourth-order valence-electron chi connectivity index (χ4n) is 5.08. The van der Waals surface area contributed by atoms with Crippen LogP contribution in [0, 0.1) is 0 Å². The predicted molar refractivity (Wildman–Crippen MR) is 143 cm³/mol. The third kappa shape index (κ3) is 5.81. The zero-order valence-corrected chi connectivity index (χ0v) is 21.7. The van der Waals surface area contributed by atoms with Gasteiger partial charge in [-0.05, 0) is 48.1 Å². The molecule has 3 aromatic rings. The van der Waals surface area contributed by atoms with E-state index in [1.165, 1.54) is 43.2 Å². The summed E-state index contributed by atoms with van der Waals surface area (Å²) in [7, 11) is 2.11. The summed E-state index contributed by atoms with van der Waals surface area (Å²) in [5.41, 5.74) is 4.39. The van der Waals surface area contributed by atoms with E-state index in [1.807, 2.05) is 35.2 Å². The summed E-state index contributed by atoms with van der Waals surface area (Å²) in [5.74, 6) is 1.65. The number of fused-ring (bicyclic) bond motifs is 1. The highest BCUT2D eigenvalue weighted by atomic mass is 35.5. The van der Waals surface area contributed by atoms with E-state index in [2.05, 4.69) is 41.2 Å². The number of halogens is 1. The van der Waals surface area contributed by atoms with Gasteiger partial charge in [0.15, 0.2) is 5.16 Å². The number of hydrogen-bond donors (Lipinski definition) is 0. The molecule has 1 amide bonds. The van der Waals surface area contributed by atoms with Gasteiger partial charge < -0.3 is 9.80 Å². The SMILES string of the molecule is CN(c1cc(Cl)nc(SCc2cccc(C(=O)N3CCc4ccccc4C3)c2)n1)C1CCCCC1. The second-order valence-corrected chi connectivity index (χ2v) is 10.8. The van der Waals surface area contributed by atoms with Crippen LogP contribution in [0.4, 0.5) is 5.82 Å². The van der Waals surface area contributed by atoms with Crippen LogP contribution in [0.2, 0.25) is 5.15 Å². The van der Waals surface area contributed by atoms with E-state index in [9.17, 15) is 4.79 Å². The molecule has 35 heavy (non-hydrogen) atoms. The molecule has 2 aliphatic rings. The molecule has 0 radical (unpaired) electrons. The smallest absolute Gasteiger partial charge is 0.254 e. The van der Waals surface area contributed by atoms with Crippen LogP contribution in [0.5, 0.6) is 0 Å². The minimum atomic E-state index is 0.0850. The number of thioether (sulfide) groups is 1. The number of benzene rings is 2. The first kappa shape index (κ1) is 24.1. The van der Waals surface area contributed by atoms with Crippen molar-refractivity contribution in [3.63, 3.8) is 0 Å². The lowest BCUT2D eigenvalue weighted by Gasteiger charge is -2.32. The van der Waals surface area contributed by atoms with Gasteiger partial charge in [-0.1, -0.05) is 79.0 Å². The Bertz CT molecular complexity index is 1200. The number of aromatic nitrogens is 2. The molecule has 2 heterocycles. The van der Waals surface area contributed by atoms with E-state index < -0.39 is 0 Å². The third-order valence-electron chi connectivity index (χ3n) is 7.10. The molecule has 1 fully saturated rings. The standard InChI is InChI=1S/C28H31ClN4OS/c1-32(24-12-3-2-4-13-24)26-17-25(29)30-28(31-26)35-19-20-8-7-11-22(16-20)27(34)33-15-14-21-9-5-6-10-23(21)18-33/h5-11,16-17,24H,2-4,12-15,18-19H2,1H3. The number of amides is 1. The van der Waals surface area contributed by atoms with Crippen LogP contribution < -0.4 is 4.90 Å². The van der Waals surface area contributed by atoms with Gasteiger partial charge in [-0.2, -0.15) is 0 Å². The highest BCUT2D eigenvalue weighted by Crippen LogP contribution is 2.29. The number of nitrogens with zero attached hydrogens (tertiary/aromatic N) is 4. The topological polar surface area (TPSA) is 49.3 Å². The molecule has 0 unspecified atom stereocenters. The Morgan fingerprint density at radius 1 is 1.06 bits per heavy atom. The normalized spacial score (nSPS) is 16.1. The van der Waals surface area contributed by atoms with Crippen molar-refractivity contribution in [1.29, 1.82) is 0 Å². The maximum absolute atomic E-state index is 13.2. The first-order chi connectivity index (χ1) is 17.1. The Balaban J connectivity index is 1.25. The van der Waals surface area contributed by atoms with Crippen molar-refractivity contribution in [3.8, 4) is 0 Å². The summed E-state index contributed by atoms with van der Waals surface area (Å²) in [6.07, 6.45) is 7.17. The lowest BCUT2D eigenvalue weighted by atomic mass is 9.94. The molecule has 1 saturated carbocycles. The van der Waals surface area contributed by atoms with Gasteiger partial charge in [0, 0.05) is 43.6 Å². The Labute approximate surface area is 216 Å². The summed E-state index contributed by atoms with van der Waals surface area (Å²) < 4.78 is 0. The molecule has 1 aliphatic carbocycles. The van der Waals surface area contributed by atoms with Gasteiger partial charge >= 0.3 is 0 Å². The Morgan fingerprint density at radius 2 is 1.86 bits per heavy atom. The van der Waals surface area contributed by atoms with Crippen molar-refractivity contribution in [2.75, 3.05) is 18.5 Å². The molecule has 5 rings (SSSR count). The maximum Gasteiger partial charge on any atom is 0.254 e. The van der Waals surface area contributed by atoms with E-state index in [-0.39, 0.29) is 5.91 Å². The van der Waals surface area contributed by atoms with E-state index in [0.29, 0.717) is 28.6 Å². The van der Waals surface area contributed by atoms with Gasteiger partial charge in [0.25, 0.3) is 5.91 Å². The van der Waals surface area contributed by atoms with E-state index in [0.717, 1.165) is 29.9 Å². The number of carbonyl (C=O) groups is 1. The summed E-state index contributed by atoms with van der Waals surface area (Å²) in [6, 6.07) is 18.7. The van der Waals surface area contributed by atoms with Gasteiger partial charge in [0.05, 0.1) is 0 Å². The molecular weight excluding hydrogens is 476 g/mol. The van der Waals surface area contributed by atoms with Gasteiger partial charge in [-0.3, -0.25) is 4.79 Å². The molecule has 7 heteroatoms. The third-order valence-corrected chi connectivity index (χ3v) is 8.22. The fraction of sp³-hybridized carbons (Fsp3) is 0.393. The molecule has 5 nitrogen and oxygen atoms in total. The average Bonchev–Trinajstić information content (AvgIpc) is 2.91. The first-order valence-corrected chi connectivity index (χ1v) is 13.8. The van der Waals surface area contributed by atoms with Crippen molar-refractivity contribution >= 4 is 35.1 Å². The molecule has 0 atom stereocenters. The van der Waals surface area contributed by atoms with E-state index in [1.54, 1.807) is 11.8 Å². The summed E-state index contributed by atoms with van der Waals surface area (Å²) in [5, 5.41) is 1.13. The van der Waals surface area contributed by atoms with Gasteiger partial charge in [0.1, 0.15) is 11.0 Å².